The molecular formula is C13H21N3OS. The van der Waals surface area contributed by atoms with Crippen LogP contribution in [0.25, 0.3) is 0 Å². The molecule has 1 aromatic rings. The van der Waals surface area contributed by atoms with Gasteiger partial charge < -0.3 is 10.2 Å². The maximum absolute atomic E-state index is 11.2. The van der Waals surface area contributed by atoms with E-state index in [0.717, 1.165) is 30.9 Å². The monoisotopic (exact) mass is 267 g/mol. The summed E-state index contributed by atoms with van der Waals surface area (Å²) in [6.45, 7) is 7.64. The molecule has 0 saturated carbocycles. The zero-order valence-corrected chi connectivity index (χ0v) is 12.1. The van der Waals surface area contributed by atoms with Gasteiger partial charge in [0, 0.05) is 37.1 Å². The van der Waals surface area contributed by atoms with Crippen molar-refractivity contribution in [1.82, 2.24) is 15.2 Å². The first-order valence-electron chi connectivity index (χ1n) is 6.50. The maximum atomic E-state index is 11.2. The fourth-order valence-corrected chi connectivity index (χ4v) is 3.14. The van der Waals surface area contributed by atoms with Gasteiger partial charge in [-0.3, -0.25) is 4.79 Å². The van der Waals surface area contributed by atoms with Gasteiger partial charge in [-0.05, 0) is 26.7 Å². The molecule has 100 valence electrons. The Balaban J connectivity index is 1.83. The highest BCUT2D eigenvalue weighted by molar-refractivity contribution is 7.11. The van der Waals surface area contributed by atoms with Crippen LogP contribution < -0.4 is 5.32 Å². The van der Waals surface area contributed by atoms with E-state index in [1.807, 2.05) is 11.1 Å². The molecule has 1 saturated heterocycles. The standard InChI is InChI=1S/C13H21N3OS/c1-9-8-14-13(18-9)10(2)15-12-4-6-16(7-5-12)11(3)17/h8,10,12,15H,4-7H2,1-3H3. The minimum absolute atomic E-state index is 0.192. The van der Waals surface area contributed by atoms with Crippen LogP contribution in [0.4, 0.5) is 0 Å². The van der Waals surface area contributed by atoms with Crippen LogP contribution in [0.5, 0.6) is 0 Å². The maximum Gasteiger partial charge on any atom is 0.219 e. The summed E-state index contributed by atoms with van der Waals surface area (Å²) >= 11 is 1.75. The summed E-state index contributed by atoms with van der Waals surface area (Å²) in [5.41, 5.74) is 0. The average molecular weight is 267 g/mol. The van der Waals surface area contributed by atoms with Gasteiger partial charge in [0.15, 0.2) is 0 Å². The number of thiazole rings is 1. The topological polar surface area (TPSA) is 45.2 Å². The van der Waals surface area contributed by atoms with Gasteiger partial charge in [0.05, 0.1) is 6.04 Å². The van der Waals surface area contributed by atoms with Crippen molar-refractivity contribution in [2.45, 2.75) is 45.7 Å². The first kappa shape index (κ1) is 13.5. The van der Waals surface area contributed by atoms with Crippen molar-refractivity contribution >= 4 is 17.2 Å². The summed E-state index contributed by atoms with van der Waals surface area (Å²) in [5.74, 6) is 0.192. The number of rotatable bonds is 3. The van der Waals surface area contributed by atoms with E-state index in [1.54, 1.807) is 18.3 Å². The number of hydrogen-bond acceptors (Lipinski definition) is 4. The third-order valence-electron chi connectivity index (χ3n) is 3.44. The number of piperidine rings is 1. The van der Waals surface area contributed by atoms with Crippen molar-refractivity contribution in [2.24, 2.45) is 0 Å². The number of amides is 1. The van der Waals surface area contributed by atoms with Gasteiger partial charge in [-0.2, -0.15) is 0 Å². The van der Waals surface area contributed by atoms with Crippen molar-refractivity contribution in [3.63, 3.8) is 0 Å². The Morgan fingerprint density at radius 3 is 2.72 bits per heavy atom. The van der Waals surface area contributed by atoms with Crippen LogP contribution in [-0.2, 0) is 4.79 Å². The molecule has 1 aliphatic rings. The lowest BCUT2D eigenvalue weighted by Crippen LogP contribution is -2.44. The molecule has 0 spiro atoms. The van der Waals surface area contributed by atoms with E-state index in [-0.39, 0.29) is 5.91 Å². The molecule has 0 aliphatic carbocycles. The van der Waals surface area contributed by atoms with Crippen molar-refractivity contribution in [3.8, 4) is 0 Å². The number of carbonyl (C=O) groups excluding carboxylic acids is 1. The van der Waals surface area contributed by atoms with Crippen LogP contribution >= 0.6 is 11.3 Å². The number of nitrogens with one attached hydrogen (secondary N) is 1. The van der Waals surface area contributed by atoms with E-state index < -0.39 is 0 Å². The highest BCUT2D eigenvalue weighted by Crippen LogP contribution is 2.21. The average Bonchev–Trinajstić information content (AvgIpc) is 2.76. The zero-order valence-electron chi connectivity index (χ0n) is 11.3. The number of nitrogens with zero attached hydrogens (tertiary/aromatic N) is 2. The lowest BCUT2D eigenvalue weighted by molar-refractivity contribution is -0.129. The number of carbonyl (C=O) groups is 1. The Morgan fingerprint density at radius 2 is 2.22 bits per heavy atom. The molecule has 18 heavy (non-hydrogen) atoms. The minimum Gasteiger partial charge on any atom is -0.343 e. The summed E-state index contributed by atoms with van der Waals surface area (Å²) in [7, 11) is 0. The van der Waals surface area contributed by atoms with Crippen LogP contribution in [0.2, 0.25) is 0 Å². The van der Waals surface area contributed by atoms with Crippen molar-refractivity contribution in [2.75, 3.05) is 13.1 Å². The lowest BCUT2D eigenvalue weighted by atomic mass is 10.0. The van der Waals surface area contributed by atoms with Gasteiger partial charge in [0.2, 0.25) is 5.91 Å². The van der Waals surface area contributed by atoms with Gasteiger partial charge in [0.25, 0.3) is 0 Å². The van der Waals surface area contributed by atoms with Crippen molar-refractivity contribution in [3.05, 3.63) is 16.1 Å². The molecule has 1 atom stereocenters. The van der Waals surface area contributed by atoms with Crippen LogP contribution in [0.1, 0.15) is 42.6 Å². The van der Waals surface area contributed by atoms with E-state index >= 15 is 0 Å². The third kappa shape index (κ3) is 3.29. The molecule has 1 fully saturated rings. The second-order valence-corrected chi connectivity index (χ2v) is 6.24. The van der Waals surface area contributed by atoms with Gasteiger partial charge in [-0.25, -0.2) is 4.98 Å². The lowest BCUT2D eigenvalue weighted by Gasteiger charge is -2.33. The third-order valence-corrected chi connectivity index (χ3v) is 4.53. The number of likely N-dealkylation sites (tertiary alicyclic amines) is 1. The molecule has 1 aromatic heterocycles. The van der Waals surface area contributed by atoms with Gasteiger partial charge in [-0.15, -0.1) is 11.3 Å². The summed E-state index contributed by atoms with van der Waals surface area (Å²) < 4.78 is 0. The smallest absolute Gasteiger partial charge is 0.219 e. The largest absolute Gasteiger partial charge is 0.343 e. The molecule has 4 nitrogen and oxygen atoms in total. The molecule has 0 radical (unpaired) electrons. The quantitative estimate of drug-likeness (QED) is 0.912. The van der Waals surface area contributed by atoms with Crippen molar-refractivity contribution in [1.29, 1.82) is 0 Å². The first-order chi connectivity index (χ1) is 8.56. The van der Waals surface area contributed by atoms with E-state index in [4.69, 9.17) is 0 Å². The zero-order chi connectivity index (χ0) is 13.1. The predicted octanol–water partition coefficient (Wildman–Crippen LogP) is 2.11. The SMILES string of the molecule is CC(=O)N1CCC(NC(C)c2ncc(C)s2)CC1. The summed E-state index contributed by atoms with van der Waals surface area (Å²) in [6.07, 6.45) is 4.00. The fraction of sp³-hybridized carbons (Fsp3) is 0.692. The van der Waals surface area contributed by atoms with E-state index in [9.17, 15) is 4.79 Å². The molecule has 2 heterocycles. The molecule has 0 bridgehead atoms. The molecule has 5 heteroatoms. The second kappa shape index (κ2) is 5.80. The van der Waals surface area contributed by atoms with Gasteiger partial charge >= 0.3 is 0 Å². The Morgan fingerprint density at radius 1 is 1.56 bits per heavy atom. The molecule has 1 aliphatic heterocycles. The molecule has 1 unspecified atom stereocenters. The number of aryl methyl sites for hydroxylation is 1. The van der Waals surface area contributed by atoms with E-state index in [1.165, 1.54) is 4.88 Å². The second-order valence-electron chi connectivity index (χ2n) is 4.98. The normalized spacial score (nSPS) is 18.9. The van der Waals surface area contributed by atoms with Crippen LogP contribution in [0.15, 0.2) is 6.20 Å². The van der Waals surface area contributed by atoms with Gasteiger partial charge in [0.1, 0.15) is 5.01 Å². The Hall–Kier alpha value is -0.940. The fourth-order valence-electron chi connectivity index (χ4n) is 2.36. The summed E-state index contributed by atoms with van der Waals surface area (Å²) in [5, 5.41) is 4.77. The molecule has 0 aromatic carbocycles. The number of aromatic nitrogens is 1. The molecule has 2 rings (SSSR count). The van der Waals surface area contributed by atoms with Crippen LogP contribution in [0.3, 0.4) is 0 Å². The highest BCUT2D eigenvalue weighted by atomic mass is 32.1. The van der Waals surface area contributed by atoms with Crippen molar-refractivity contribution < 1.29 is 4.79 Å². The van der Waals surface area contributed by atoms with Crippen LogP contribution in [-0.4, -0.2) is 34.9 Å². The Bertz CT molecular complexity index is 410. The molecule has 1 N–H and O–H groups in total. The van der Waals surface area contributed by atoms with Crippen LogP contribution in [0, 0.1) is 6.92 Å². The summed E-state index contributed by atoms with van der Waals surface area (Å²) in [4.78, 5) is 18.8. The summed E-state index contributed by atoms with van der Waals surface area (Å²) in [6, 6.07) is 0.803. The predicted molar refractivity (Wildman–Crippen MR) is 73.7 cm³/mol. The van der Waals surface area contributed by atoms with E-state index in [0.29, 0.717) is 12.1 Å². The minimum atomic E-state index is 0.192. The first-order valence-corrected chi connectivity index (χ1v) is 7.32. The Labute approximate surface area is 112 Å². The Kier molecular flexibility index (Phi) is 4.35. The van der Waals surface area contributed by atoms with Gasteiger partial charge in [-0.1, -0.05) is 0 Å². The number of hydrogen-bond donors (Lipinski definition) is 1. The van der Waals surface area contributed by atoms with E-state index in [2.05, 4.69) is 24.1 Å². The molecular weight excluding hydrogens is 246 g/mol. The molecule has 1 amide bonds. The highest BCUT2D eigenvalue weighted by Gasteiger charge is 2.22.